The summed E-state index contributed by atoms with van der Waals surface area (Å²) in [5.41, 5.74) is 1.10. The summed E-state index contributed by atoms with van der Waals surface area (Å²) in [5, 5.41) is 9.08. The zero-order valence-electron chi connectivity index (χ0n) is 12.1. The predicted octanol–water partition coefficient (Wildman–Crippen LogP) is 1.33. The van der Waals surface area contributed by atoms with Gasteiger partial charge in [-0.2, -0.15) is 0 Å². The number of amides is 2. The maximum Gasteiger partial charge on any atom is 0.330 e. The molecule has 6 heteroatoms. The highest BCUT2D eigenvalue weighted by atomic mass is 16.5. The van der Waals surface area contributed by atoms with E-state index in [-0.39, 0.29) is 12.1 Å². The largest absolute Gasteiger partial charge is 0.479 e. The van der Waals surface area contributed by atoms with Crippen LogP contribution in [-0.2, 0) is 16.1 Å². The number of hydrogen-bond acceptors (Lipinski definition) is 3. The number of hydrogen-bond donors (Lipinski definition) is 1. The molecule has 0 aliphatic carbocycles. The van der Waals surface area contributed by atoms with Gasteiger partial charge in [0.1, 0.15) is 6.04 Å². The third-order valence-electron chi connectivity index (χ3n) is 3.90. The van der Waals surface area contributed by atoms with Crippen LogP contribution in [0.3, 0.4) is 0 Å². The second-order valence-corrected chi connectivity index (χ2v) is 5.47. The number of carboxylic acid groups (broad SMARTS) is 1. The number of likely N-dealkylation sites (tertiary alicyclic amines) is 1. The summed E-state index contributed by atoms with van der Waals surface area (Å²) in [6.45, 7) is 1.89. The smallest absolute Gasteiger partial charge is 0.330 e. The number of ether oxygens (including phenoxy) is 1. The zero-order chi connectivity index (χ0) is 15.5. The highest BCUT2D eigenvalue weighted by molar-refractivity contribution is 5.85. The molecule has 3 rings (SSSR count). The first-order valence-corrected chi connectivity index (χ1v) is 7.25. The van der Waals surface area contributed by atoms with Crippen LogP contribution in [0.5, 0.6) is 0 Å². The summed E-state index contributed by atoms with van der Waals surface area (Å²) in [6, 6.07) is 8.78. The number of carbonyl (C=O) groups excluding carboxylic acids is 1. The van der Waals surface area contributed by atoms with Crippen LogP contribution in [0.1, 0.15) is 5.56 Å². The second-order valence-electron chi connectivity index (χ2n) is 5.47. The van der Waals surface area contributed by atoms with Crippen LogP contribution in [-0.4, -0.2) is 58.7 Å². The minimum absolute atomic E-state index is 0.0167. The van der Waals surface area contributed by atoms with Crippen molar-refractivity contribution in [1.29, 1.82) is 0 Å². The lowest BCUT2D eigenvalue weighted by molar-refractivity contribution is -0.140. The van der Waals surface area contributed by atoms with Crippen LogP contribution in [0.4, 0.5) is 4.79 Å². The minimum atomic E-state index is -1.00. The molecule has 22 heavy (non-hydrogen) atoms. The zero-order valence-corrected chi connectivity index (χ0v) is 12.1. The lowest BCUT2D eigenvalue weighted by Crippen LogP contribution is -2.59. The highest BCUT2D eigenvalue weighted by Gasteiger charge is 2.38. The van der Waals surface area contributed by atoms with E-state index < -0.39 is 12.0 Å². The summed E-state index contributed by atoms with van der Waals surface area (Å²) in [5.74, 6) is -1.00. The van der Waals surface area contributed by atoms with Crippen molar-refractivity contribution in [2.75, 3.05) is 19.6 Å². The molecule has 1 atom stereocenters. The standard InChI is InChI=1S/C16H18N2O4/c19-15(20)14-7-4-8-18(14)16(21)17-9-13(10-17)22-11-12-5-2-1-3-6-12/h1-7,13-14H,8-11H2,(H,19,20). The minimum Gasteiger partial charge on any atom is -0.479 e. The van der Waals surface area contributed by atoms with Gasteiger partial charge >= 0.3 is 12.0 Å². The highest BCUT2D eigenvalue weighted by Crippen LogP contribution is 2.19. The molecule has 6 nitrogen and oxygen atoms in total. The van der Waals surface area contributed by atoms with E-state index in [1.54, 1.807) is 17.1 Å². The van der Waals surface area contributed by atoms with Gasteiger partial charge in [0.2, 0.25) is 0 Å². The molecule has 1 fully saturated rings. The Balaban J connectivity index is 1.45. The average Bonchev–Trinajstić information content (AvgIpc) is 2.96. The topological polar surface area (TPSA) is 70.1 Å². The van der Waals surface area contributed by atoms with E-state index in [1.807, 2.05) is 30.3 Å². The molecule has 116 valence electrons. The van der Waals surface area contributed by atoms with Crippen molar-refractivity contribution >= 4 is 12.0 Å². The van der Waals surface area contributed by atoms with Gasteiger partial charge in [0.05, 0.1) is 25.8 Å². The number of benzene rings is 1. The Hall–Kier alpha value is -2.34. The number of nitrogens with zero attached hydrogens (tertiary/aromatic N) is 2. The first kappa shape index (κ1) is 14.6. The maximum atomic E-state index is 12.3. The second kappa shape index (κ2) is 6.19. The Labute approximate surface area is 128 Å². The lowest BCUT2D eigenvalue weighted by Gasteiger charge is -2.41. The van der Waals surface area contributed by atoms with E-state index >= 15 is 0 Å². The molecule has 0 spiro atoms. The molecule has 1 aromatic rings. The molecule has 1 saturated heterocycles. The molecule has 0 radical (unpaired) electrons. The Kier molecular flexibility index (Phi) is 4.11. The monoisotopic (exact) mass is 302 g/mol. The summed E-state index contributed by atoms with van der Waals surface area (Å²) in [7, 11) is 0. The average molecular weight is 302 g/mol. The predicted molar refractivity (Wildman–Crippen MR) is 79.3 cm³/mol. The SMILES string of the molecule is O=C(O)C1C=CCN1C(=O)N1CC(OCc2ccccc2)C1. The lowest BCUT2D eigenvalue weighted by atomic mass is 10.1. The van der Waals surface area contributed by atoms with Gasteiger partial charge < -0.3 is 19.6 Å². The fraction of sp³-hybridized carbons (Fsp3) is 0.375. The number of carboxylic acids is 1. The van der Waals surface area contributed by atoms with Crippen molar-refractivity contribution in [2.45, 2.75) is 18.8 Å². The Morgan fingerprint density at radius 1 is 1.23 bits per heavy atom. The summed E-state index contributed by atoms with van der Waals surface area (Å²) >= 11 is 0. The Morgan fingerprint density at radius 2 is 1.95 bits per heavy atom. The summed E-state index contributed by atoms with van der Waals surface area (Å²) in [6.07, 6.45) is 3.27. The van der Waals surface area contributed by atoms with E-state index in [0.29, 0.717) is 26.2 Å². The molecule has 0 aromatic heterocycles. The normalized spacial score (nSPS) is 21.0. The molecule has 1 N–H and O–H groups in total. The number of carbonyl (C=O) groups is 2. The molecule has 0 saturated carbocycles. The molecular formula is C16H18N2O4. The summed E-state index contributed by atoms with van der Waals surface area (Å²) < 4.78 is 5.74. The van der Waals surface area contributed by atoms with E-state index in [0.717, 1.165) is 5.56 Å². The quantitative estimate of drug-likeness (QED) is 0.852. The number of rotatable bonds is 4. The van der Waals surface area contributed by atoms with E-state index in [4.69, 9.17) is 9.84 Å². The van der Waals surface area contributed by atoms with Gasteiger partial charge in [-0.1, -0.05) is 42.5 Å². The summed E-state index contributed by atoms with van der Waals surface area (Å²) in [4.78, 5) is 26.3. The maximum absolute atomic E-state index is 12.3. The number of aliphatic carboxylic acids is 1. The molecule has 2 aliphatic heterocycles. The molecule has 2 heterocycles. The molecule has 2 aliphatic rings. The Morgan fingerprint density at radius 3 is 2.64 bits per heavy atom. The van der Waals surface area contributed by atoms with Crippen molar-refractivity contribution in [3.63, 3.8) is 0 Å². The Bertz CT molecular complexity index is 581. The first-order chi connectivity index (χ1) is 10.6. The molecule has 0 bridgehead atoms. The van der Waals surface area contributed by atoms with Crippen LogP contribution in [0.2, 0.25) is 0 Å². The van der Waals surface area contributed by atoms with Crippen molar-refractivity contribution < 1.29 is 19.4 Å². The number of urea groups is 1. The van der Waals surface area contributed by atoms with Crippen molar-refractivity contribution in [3.05, 3.63) is 48.0 Å². The fourth-order valence-corrected chi connectivity index (χ4v) is 2.60. The third kappa shape index (κ3) is 2.96. The van der Waals surface area contributed by atoms with E-state index in [9.17, 15) is 9.59 Å². The van der Waals surface area contributed by atoms with Crippen molar-refractivity contribution in [2.24, 2.45) is 0 Å². The van der Waals surface area contributed by atoms with Crippen molar-refractivity contribution in [3.8, 4) is 0 Å². The van der Waals surface area contributed by atoms with Gasteiger partial charge in [-0.05, 0) is 5.56 Å². The van der Waals surface area contributed by atoms with Gasteiger partial charge in [0, 0.05) is 6.54 Å². The van der Waals surface area contributed by atoms with Gasteiger partial charge in [0.15, 0.2) is 0 Å². The van der Waals surface area contributed by atoms with Crippen LogP contribution < -0.4 is 0 Å². The van der Waals surface area contributed by atoms with E-state index in [2.05, 4.69) is 0 Å². The molecule has 1 unspecified atom stereocenters. The van der Waals surface area contributed by atoms with Crippen LogP contribution >= 0.6 is 0 Å². The third-order valence-corrected chi connectivity index (χ3v) is 3.90. The molecular weight excluding hydrogens is 284 g/mol. The first-order valence-electron chi connectivity index (χ1n) is 7.25. The van der Waals surface area contributed by atoms with Crippen LogP contribution in [0.25, 0.3) is 0 Å². The van der Waals surface area contributed by atoms with Gasteiger partial charge in [-0.3, -0.25) is 0 Å². The van der Waals surface area contributed by atoms with Crippen LogP contribution in [0, 0.1) is 0 Å². The van der Waals surface area contributed by atoms with Crippen LogP contribution in [0.15, 0.2) is 42.5 Å². The van der Waals surface area contributed by atoms with Gasteiger partial charge in [-0.15, -0.1) is 0 Å². The van der Waals surface area contributed by atoms with Gasteiger partial charge in [0.25, 0.3) is 0 Å². The van der Waals surface area contributed by atoms with Crippen molar-refractivity contribution in [1.82, 2.24) is 9.80 Å². The molecule has 2 amide bonds. The fourth-order valence-electron chi connectivity index (χ4n) is 2.60. The van der Waals surface area contributed by atoms with Gasteiger partial charge in [-0.25, -0.2) is 9.59 Å². The molecule has 1 aromatic carbocycles. The van der Waals surface area contributed by atoms with E-state index in [1.165, 1.54) is 4.90 Å².